The van der Waals surface area contributed by atoms with E-state index in [0.29, 0.717) is 24.4 Å². The third kappa shape index (κ3) is 4.58. The van der Waals surface area contributed by atoms with Crippen LogP contribution in [-0.4, -0.2) is 12.6 Å². The van der Waals surface area contributed by atoms with E-state index in [4.69, 9.17) is 0 Å². The van der Waals surface area contributed by atoms with Crippen LogP contribution in [0.15, 0.2) is 48.5 Å². The maximum Gasteiger partial charge on any atom is 0.319 e. The maximum atomic E-state index is 13.4. The summed E-state index contributed by atoms with van der Waals surface area (Å²) in [5.41, 5.74) is 2.57. The molecule has 0 fully saturated rings. The average molecular weight is 300 g/mol. The molecule has 4 heteroatoms. The monoisotopic (exact) mass is 300 g/mol. The SMILES string of the molecule is CC(C)c1ccc(NC(=O)NCCc2ccccc2F)cc1. The van der Waals surface area contributed by atoms with Crippen LogP contribution in [0.3, 0.4) is 0 Å². The van der Waals surface area contributed by atoms with Crippen molar-refractivity contribution in [2.45, 2.75) is 26.2 Å². The van der Waals surface area contributed by atoms with Gasteiger partial charge in [0.2, 0.25) is 0 Å². The summed E-state index contributed by atoms with van der Waals surface area (Å²) in [7, 11) is 0. The summed E-state index contributed by atoms with van der Waals surface area (Å²) in [4.78, 5) is 11.8. The molecule has 0 bridgehead atoms. The third-order valence-corrected chi connectivity index (χ3v) is 3.47. The molecule has 0 atom stereocenters. The normalized spacial score (nSPS) is 10.5. The van der Waals surface area contributed by atoms with E-state index in [1.807, 2.05) is 24.3 Å². The average Bonchev–Trinajstić information content (AvgIpc) is 2.50. The Bertz CT molecular complexity index is 623. The van der Waals surface area contributed by atoms with Crippen molar-refractivity contribution in [2.75, 3.05) is 11.9 Å². The molecule has 0 heterocycles. The molecule has 2 amide bonds. The molecule has 2 N–H and O–H groups in total. The van der Waals surface area contributed by atoms with Gasteiger partial charge in [0, 0.05) is 12.2 Å². The van der Waals surface area contributed by atoms with Crippen LogP contribution >= 0.6 is 0 Å². The van der Waals surface area contributed by atoms with Crippen LogP contribution in [0, 0.1) is 5.82 Å². The lowest BCUT2D eigenvalue weighted by Crippen LogP contribution is -2.30. The van der Waals surface area contributed by atoms with Crippen LogP contribution in [0.4, 0.5) is 14.9 Å². The molecule has 0 saturated heterocycles. The van der Waals surface area contributed by atoms with Crippen molar-refractivity contribution in [2.24, 2.45) is 0 Å². The number of anilines is 1. The summed E-state index contributed by atoms with van der Waals surface area (Å²) in [6.45, 7) is 4.63. The van der Waals surface area contributed by atoms with Gasteiger partial charge < -0.3 is 10.6 Å². The number of carbonyl (C=O) groups is 1. The molecular weight excluding hydrogens is 279 g/mol. The van der Waals surface area contributed by atoms with Gasteiger partial charge in [0.25, 0.3) is 0 Å². The fraction of sp³-hybridized carbons (Fsp3) is 0.278. The molecule has 0 aliphatic rings. The van der Waals surface area contributed by atoms with Crippen molar-refractivity contribution < 1.29 is 9.18 Å². The number of carbonyl (C=O) groups excluding carboxylic acids is 1. The zero-order valence-electron chi connectivity index (χ0n) is 12.9. The minimum Gasteiger partial charge on any atom is -0.338 e. The highest BCUT2D eigenvalue weighted by Gasteiger charge is 2.04. The number of halogens is 1. The Hall–Kier alpha value is -2.36. The van der Waals surface area contributed by atoms with Crippen molar-refractivity contribution in [1.29, 1.82) is 0 Å². The Labute approximate surface area is 130 Å². The number of urea groups is 1. The Balaban J connectivity index is 1.79. The molecule has 22 heavy (non-hydrogen) atoms. The molecule has 0 aliphatic carbocycles. The largest absolute Gasteiger partial charge is 0.338 e. The van der Waals surface area contributed by atoms with Crippen molar-refractivity contribution in [1.82, 2.24) is 5.32 Å². The highest BCUT2D eigenvalue weighted by Crippen LogP contribution is 2.17. The van der Waals surface area contributed by atoms with Crippen LogP contribution in [0.2, 0.25) is 0 Å². The van der Waals surface area contributed by atoms with E-state index in [1.165, 1.54) is 11.6 Å². The highest BCUT2D eigenvalue weighted by molar-refractivity contribution is 5.89. The van der Waals surface area contributed by atoms with Crippen LogP contribution in [-0.2, 0) is 6.42 Å². The number of nitrogens with one attached hydrogen (secondary N) is 2. The van der Waals surface area contributed by atoms with E-state index < -0.39 is 0 Å². The van der Waals surface area contributed by atoms with Gasteiger partial charge in [-0.15, -0.1) is 0 Å². The van der Waals surface area contributed by atoms with Gasteiger partial charge in [-0.1, -0.05) is 44.2 Å². The van der Waals surface area contributed by atoms with E-state index in [9.17, 15) is 9.18 Å². The fourth-order valence-electron chi connectivity index (χ4n) is 2.14. The first-order valence-electron chi connectivity index (χ1n) is 7.44. The zero-order chi connectivity index (χ0) is 15.9. The molecule has 0 spiro atoms. The van der Waals surface area contributed by atoms with Gasteiger partial charge in [-0.05, 0) is 41.7 Å². The summed E-state index contributed by atoms with van der Waals surface area (Å²) < 4.78 is 13.4. The van der Waals surface area contributed by atoms with Crippen LogP contribution in [0.1, 0.15) is 30.9 Å². The van der Waals surface area contributed by atoms with E-state index in [-0.39, 0.29) is 11.8 Å². The van der Waals surface area contributed by atoms with Gasteiger partial charge in [-0.2, -0.15) is 0 Å². The molecule has 2 rings (SSSR count). The number of benzene rings is 2. The maximum absolute atomic E-state index is 13.4. The fourth-order valence-corrected chi connectivity index (χ4v) is 2.14. The van der Waals surface area contributed by atoms with Crippen molar-refractivity contribution in [3.63, 3.8) is 0 Å². The molecule has 116 valence electrons. The molecule has 2 aromatic rings. The number of hydrogen-bond acceptors (Lipinski definition) is 1. The first-order chi connectivity index (χ1) is 10.6. The molecule has 0 aliphatic heterocycles. The lowest BCUT2D eigenvalue weighted by Gasteiger charge is -2.10. The smallest absolute Gasteiger partial charge is 0.319 e. The quantitative estimate of drug-likeness (QED) is 0.848. The van der Waals surface area contributed by atoms with E-state index in [1.54, 1.807) is 18.2 Å². The summed E-state index contributed by atoms with van der Waals surface area (Å²) in [5.74, 6) is 0.220. The predicted molar refractivity (Wildman–Crippen MR) is 87.7 cm³/mol. The highest BCUT2D eigenvalue weighted by atomic mass is 19.1. The van der Waals surface area contributed by atoms with E-state index in [0.717, 1.165) is 5.69 Å². The molecule has 0 saturated carbocycles. The Morgan fingerprint density at radius 3 is 2.41 bits per heavy atom. The second-order valence-corrected chi connectivity index (χ2v) is 5.50. The molecule has 0 aromatic heterocycles. The molecule has 0 radical (unpaired) electrons. The van der Waals surface area contributed by atoms with Gasteiger partial charge in [0.05, 0.1) is 0 Å². The van der Waals surface area contributed by atoms with Gasteiger partial charge in [-0.25, -0.2) is 9.18 Å². The topological polar surface area (TPSA) is 41.1 Å². The van der Waals surface area contributed by atoms with Gasteiger partial charge in [0.1, 0.15) is 5.82 Å². The molecule has 2 aromatic carbocycles. The van der Waals surface area contributed by atoms with Crippen molar-refractivity contribution >= 4 is 11.7 Å². The second-order valence-electron chi connectivity index (χ2n) is 5.50. The van der Waals surface area contributed by atoms with E-state index >= 15 is 0 Å². The first kappa shape index (κ1) is 16.0. The minimum atomic E-state index is -0.284. The van der Waals surface area contributed by atoms with Crippen molar-refractivity contribution in [3.05, 3.63) is 65.5 Å². The van der Waals surface area contributed by atoms with Gasteiger partial charge >= 0.3 is 6.03 Å². The lowest BCUT2D eigenvalue weighted by atomic mass is 10.0. The summed E-state index contributed by atoms with van der Waals surface area (Å²) in [6.07, 6.45) is 0.465. The third-order valence-electron chi connectivity index (χ3n) is 3.47. The first-order valence-corrected chi connectivity index (χ1v) is 7.44. The standard InChI is InChI=1S/C18H21FN2O/c1-13(2)14-7-9-16(10-8-14)21-18(22)20-12-11-15-5-3-4-6-17(15)19/h3-10,13H,11-12H2,1-2H3,(H2,20,21,22). The van der Waals surface area contributed by atoms with Crippen LogP contribution in [0.25, 0.3) is 0 Å². The summed E-state index contributed by atoms with van der Waals surface area (Å²) in [6, 6.07) is 14.1. The Morgan fingerprint density at radius 1 is 1.09 bits per heavy atom. The van der Waals surface area contributed by atoms with Gasteiger partial charge in [0.15, 0.2) is 0 Å². The van der Waals surface area contributed by atoms with Crippen LogP contribution in [0.5, 0.6) is 0 Å². The Kier molecular flexibility index (Phi) is 5.53. The number of hydrogen-bond donors (Lipinski definition) is 2. The van der Waals surface area contributed by atoms with Crippen LogP contribution < -0.4 is 10.6 Å². The summed E-state index contributed by atoms with van der Waals surface area (Å²) >= 11 is 0. The minimum absolute atomic E-state index is 0.242. The number of rotatable bonds is 5. The molecule has 3 nitrogen and oxygen atoms in total. The molecule has 0 unspecified atom stereocenters. The Morgan fingerprint density at radius 2 is 1.77 bits per heavy atom. The molecular formula is C18H21FN2O. The zero-order valence-corrected chi connectivity index (χ0v) is 12.9. The van der Waals surface area contributed by atoms with Crippen molar-refractivity contribution in [3.8, 4) is 0 Å². The predicted octanol–water partition coefficient (Wildman–Crippen LogP) is 4.31. The van der Waals surface area contributed by atoms with E-state index in [2.05, 4.69) is 24.5 Å². The number of amides is 2. The summed E-state index contributed by atoms with van der Waals surface area (Å²) in [5, 5.41) is 5.49. The second kappa shape index (κ2) is 7.59. The van der Waals surface area contributed by atoms with Gasteiger partial charge in [-0.3, -0.25) is 0 Å². The lowest BCUT2D eigenvalue weighted by molar-refractivity contribution is 0.252.